The maximum atomic E-state index is 12.1. The van der Waals surface area contributed by atoms with E-state index in [1.807, 2.05) is 23.5 Å². The molecule has 94 valence electrons. The van der Waals surface area contributed by atoms with Gasteiger partial charge in [-0.2, -0.15) is 11.8 Å². The van der Waals surface area contributed by atoms with Crippen LogP contribution in [0.2, 0.25) is 0 Å². The van der Waals surface area contributed by atoms with Crippen molar-refractivity contribution in [2.24, 2.45) is 5.92 Å². The average molecular weight is 260 g/mol. The molecule has 1 aliphatic rings. The van der Waals surface area contributed by atoms with Crippen LogP contribution in [0.5, 0.6) is 0 Å². The fourth-order valence-corrected chi connectivity index (χ4v) is 5.10. The van der Waals surface area contributed by atoms with Gasteiger partial charge in [0.05, 0.1) is 5.25 Å². The molecule has 0 aliphatic carbocycles. The van der Waals surface area contributed by atoms with Gasteiger partial charge in [0, 0.05) is 23.2 Å². The summed E-state index contributed by atoms with van der Waals surface area (Å²) < 4.78 is 0. The van der Waals surface area contributed by atoms with E-state index >= 15 is 0 Å². The fourth-order valence-electron chi connectivity index (χ4n) is 2.03. The van der Waals surface area contributed by atoms with Gasteiger partial charge in [0.25, 0.3) is 0 Å². The molecule has 0 aromatic carbocycles. The largest absolute Gasteiger partial charge is 0.298 e. The van der Waals surface area contributed by atoms with Crippen LogP contribution in [0.25, 0.3) is 0 Å². The molecule has 2 unspecified atom stereocenters. The lowest BCUT2D eigenvalue weighted by Gasteiger charge is -2.28. The van der Waals surface area contributed by atoms with Gasteiger partial charge < -0.3 is 0 Å². The molecule has 1 rings (SSSR count). The van der Waals surface area contributed by atoms with E-state index in [-0.39, 0.29) is 5.25 Å². The molecule has 0 spiro atoms. The number of hydrogen-bond donors (Lipinski definition) is 0. The number of hydrogen-bond acceptors (Lipinski definition) is 3. The molecular weight excluding hydrogens is 236 g/mol. The molecule has 0 amide bonds. The van der Waals surface area contributed by atoms with E-state index in [1.165, 1.54) is 12.2 Å². The van der Waals surface area contributed by atoms with Crippen molar-refractivity contribution in [1.29, 1.82) is 0 Å². The summed E-state index contributed by atoms with van der Waals surface area (Å²) in [7, 11) is 0. The topological polar surface area (TPSA) is 17.1 Å². The summed E-state index contributed by atoms with van der Waals surface area (Å²) in [6.07, 6.45) is 4.20. The Morgan fingerprint density at radius 2 is 2.00 bits per heavy atom. The maximum Gasteiger partial charge on any atom is 0.146 e. The van der Waals surface area contributed by atoms with Crippen LogP contribution in [-0.2, 0) is 4.79 Å². The summed E-state index contributed by atoms with van der Waals surface area (Å²) in [5.41, 5.74) is 0. The maximum absolute atomic E-state index is 12.1. The van der Waals surface area contributed by atoms with E-state index in [2.05, 4.69) is 20.8 Å². The molecule has 0 radical (unpaired) electrons. The molecule has 1 saturated heterocycles. The van der Waals surface area contributed by atoms with Crippen LogP contribution in [0.1, 0.15) is 46.5 Å². The summed E-state index contributed by atoms with van der Waals surface area (Å²) in [5, 5.41) is 0.862. The summed E-state index contributed by atoms with van der Waals surface area (Å²) in [5.74, 6) is 3.61. The first-order valence-electron chi connectivity index (χ1n) is 6.41. The van der Waals surface area contributed by atoms with Gasteiger partial charge in [0.1, 0.15) is 5.78 Å². The highest BCUT2D eigenvalue weighted by Gasteiger charge is 2.30. The molecular formula is C13H24OS2. The molecule has 0 aromatic rings. The van der Waals surface area contributed by atoms with Crippen molar-refractivity contribution in [2.45, 2.75) is 57.0 Å². The molecule has 0 saturated carbocycles. The van der Waals surface area contributed by atoms with Gasteiger partial charge in [-0.1, -0.05) is 27.2 Å². The molecule has 16 heavy (non-hydrogen) atoms. The Hall–Kier alpha value is 0.370. The number of carbonyl (C=O) groups is 1. The monoisotopic (exact) mass is 260 g/mol. The quantitative estimate of drug-likeness (QED) is 0.718. The average Bonchev–Trinajstić information content (AvgIpc) is 2.28. The normalized spacial score (nSPS) is 26.0. The highest BCUT2D eigenvalue weighted by molar-refractivity contribution is 8.07. The minimum atomic E-state index is 0.288. The number of ketones is 1. The molecule has 3 heteroatoms. The zero-order valence-electron chi connectivity index (χ0n) is 10.7. The van der Waals surface area contributed by atoms with Crippen LogP contribution in [-0.4, -0.2) is 27.8 Å². The molecule has 0 bridgehead atoms. The van der Waals surface area contributed by atoms with E-state index < -0.39 is 0 Å². The van der Waals surface area contributed by atoms with Gasteiger partial charge in [0.2, 0.25) is 0 Å². The third-order valence-corrected chi connectivity index (χ3v) is 6.27. The highest BCUT2D eigenvalue weighted by atomic mass is 32.2. The smallest absolute Gasteiger partial charge is 0.146 e. The number of carbonyl (C=O) groups excluding carboxylic acids is 1. The third-order valence-electron chi connectivity index (χ3n) is 2.97. The van der Waals surface area contributed by atoms with Crippen molar-refractivity contribution < 1.29 is 4.79 Å². The van der Waals surface area contributed by atoms with Crippen molar-refractivity contribution in [2.75, 3.05) is 11.5 Å². The molecule has 2 atom stereocenters. The summed E-state index contributed by atoms with van der Waals surface area (Å²) in [6, 6.07) is 0. The molecule has 1 heterocycles. The molecule has 1 aliphatic heterocycles. The Morgan fingerprint density at radius 1 is 1.31 bits per heavy atom. The van der Waals surface area contributed by atoms with Crippen molar-refractivity contribution in [3.05, 3.63) is 0 Å². The van der Waals surface area contributed by atoms with Gasteiger partial charge in [0.15, 0.2) is 0 Å². The second kappa shape index (κ2) is 7.65. The van der Waals surface area contributed by atoms with Crippen LogP contribution in [0.15, 0.2) is 0 Å². The SMILES string of the molecule is CCC1SCCSC1C(=O)CCCC(C)C. The zero-order valence-corrected chi connectivity index (χ0v) is 12.3. The Labute approximate surface area is 109 Å². The standard InChI is InChI=1S/C13H24OS2/c1-4-12-13(16-9-8-15-12)11(14)7-5-6-10(2)3/h10,12-13H,4-9H2,1-3H3. The van der Waals surface area contributed by atoms with Gasteiger partial charge in [-0.05, 0) is 18.8 Å². The second-order valence-corrected chi connectivity index (χ2v) is 7.46. The first-order valence-corrected chi connectivity index (χ1v) is 8.50. The van der Waals surface area contributed by atoms with Crippen LogP contribution in [0.4, 0.5) is 0 Å². The first kappa shape index (κ1) is 14.4. The Morgan fingerprint density at radius 3 is 2.62 bits per heavy atom. The van der Waals surface area contributed by atoms with Crippen molar-refractivity contribution in [3.63, 3.8) is 0 Å². The summed E-state index contributed by atoms with van der Waals surface area (Å²) in [4.78, 5) is 12.1. The number of Topliss-reactive ketones (excluding diaryl/α,β-unsaturated/α-hetero) is 1. The van der Waals surface area contributed by atoms with E-state index in [1.54, 1.807) is 0 Å². The summed E-state index contributed by atoms with van der Waals surface area (Å²) >= 11 is 3.89. The van der Waals surface area contributed by atoms with Crippen LogP contribution < -0.4 is 0 Å². The predicted molar refractivity (Wildman–Crippen MR) is 76.5 cm³/mol. The molecule has 1 nitrogen and oxygen atoms in total. The molecule has 0 aromatic heterocycles. The first-order chi connectivity index (χ1) is 7.65. The predicted octanol–water partition coefficient (Wildman–Crippen LogP) is 4.01. The lowest BCUT2D eigenvalue weighted by Crippen LogP contribution is -2.32. The Balaban J connectivity index is 2.33. The van der Waals surface area contributed by atoms with Crippen LogP contribution >= 0.6 is 23.5 Å². The molecule has 1 fully saturated rings. The third kappa shape index (κ3) is 4.70. The lowest BCUT2D eigenvalue weighted by molar-refractivity contribution is -0.118. The fraction of sp³-hybridized carbons (Fsp3) is 0.923. The summed E-state index contributed by atoms with van der Waals surface area (Å²) in [6.45, 7) is 6.66. The Bertz CT molecular complexity index is 216. The van der Waals surface area contributed by atoms with Gasteiger partial charge in [-0.15, -0.1) is 11.8 Å². The van der Waals surface area contributed by atoms with Gasteiger partial charge in [-0.25, -0.2) is 0 Å². The van der Waals surface area contributed by atoms with Gasteiger partial charge in [-0.3, -0.25) is 4.79 Å². The van der Waals surface area contributed by atoms with Gasteiger partial charge >= 0.3 is 0 Å². The van der Waals surface area contributed by atoms with Crippen LogP contribution in [0, 0.1) is 5.92 Å². The lowest BCUT2D eigenvalue weighted by atomic mass is 10.0. The number of rotatable bonds is 6. The van der Waals surface area contributed by atoms with E-state index in [0.717, 1.165) is 30.9 Å². The van der Waals surface area contributed by atoms with Crippen LogP contribution in [0.3, 0.4) is 0 Å². The second-order valence-electron chi connectivity index (χ2n) is 4.86. The van der Waals surface area contributed by atoms with E-state index in [4.69, 9.17) is 0 Å². The molecule has 0 N–H and O–H groups in total. The van der Waals surface area contributed by atoms with Crippen molar-refractivity contribution >= 4 is 29.3 Å². The number of thioether (sulfide) groups is 2. The van der Waals surface area contributed by atoms with E-state index in [9.17, 15) is 4.79 Å². The minimum absolute atomic E-state index is 0.288. The van der Waals surface area contributed by atoms with Crippen molar-refractivity contribution in [1.82, 2.24) is 0 Å². The zero-order chi connectivity index (χ0) is 12.0. The highest BCUT2D eigenvalue weighted by Crippen LogP contribution is 2.34. The minimum Gasteiger partial charge on any atom is -0.298 e. The Kier molecular flexibility index (Phi) is 6.90. The van der Waals surface area contributed by atoms with E-state index in [0.29, 0.717) is 11.0 Å². The van der Waals surface area contributed by atoms with Crippen molar-refractivity contribution in [3.8, 4) is 0 Å².